The van der Waals surface area contributed by atoms with Crippen LogP contribution in [0.15, 0.2) is 12.4 Å². The first-order valence-corrected chi connectivity index (χ1v) is 4.40. The molecule has 0 radical (unpaired) electrons. The second-order valence-corrected chi connectivity index (χ2v) is 3.00. The van der Waals surface area contributed by atoms with Gasteiger partial charge in [-0.05, 0) is 0 Å². The zero-order valence-electron chi connectivity index (χ0n) is 8.16. The minimum Gasteiger partial charge on any atom is -0.395 e. The van der Waals surface area contributed by atoms with E-state index in [1.807, 2.05) is 0 Å². The van der Waals surface area contributed by atoms with Gasteiger partial charge in [-0.25, -0.2) is 0 Å². The number of carbonyl (C=O) groups excluding carboxylic acids is 1. The third kappa shape index (κ3) is 3.54. The zero-order chi connectivity index (χ0) is 12.2. The summed E-state index contributed by atoms with van der Waals surface area (Å²) in [6, 6.07) is 0. The summed E-state index contributed by atoms with van der Waals surface area (Å²) in [6.07, 6.45) is -3.06. The number of amides is 1. The van der Waals surface area contributed by atoms with Crippen LogP contribution in [0.4, 0.5) is 13.2 Å². The first-order valence-electron chi connectivity index (χ1n) is 4.40. The van der Waals surface area contributed by atoms with Gasteiger partial charge in [0.1, 0.15) is 6.54 Å². The summed E-state index contributed by atoms with van der Waals surface area (Å²) in [5.74, 6) is -0.508. The normalized spacial score (nSPS) is 11.5. The van der Waals surface area contributed by atoms with Gasteiger partial charge in [0.2, 0.25) is 5.91 Å². The summed E-state index contributed by atoms with van der Waals surface area (Å²) < 4.78 is 37.3. The standard InChI is InChI=1S/C8H10F3N3O2/c9-8(10,11)6-3-13-14(4-6)5-7(16)12-1-2-15/h3-4,15H,1-2,5H2,(H,12,16). The Bertz CT molecular complexity index is 362. The van der Waals surface area contributed by atoms with E-state index in [2.05, 4.69) is 10.4 Å². The molecule has 0 aliphatic carbocycles. The molecule has 1 amide bonds. The number of hydrogen-bond donors (Lipinski definition) is 2. The number of nitrogens with zero attached hydrogens (tertiary/aromatic N) is 2. The number of aliphatic hydroxyl groups is 1. The fourth-order valence-corrected chi connectivity index (χ4v) is 0.995. The molecule has 90 valence electrons. The number of hydrogen-bond acceptors (Lipinski definition) is 3. The summed E-state index contributed by atoms with van der Waals surface area (Å²) in [5.41, 5.74) is -0.901. The van der Waals surface area contributed by atoms with Gasteiger partial charge < -0.3 is 10.4 Å². The van der Waals surface area contributed by atoms with E-state index in [1.54, 1.807) is 0 Å². The lowest BCUT2D eigenvalue weighted by molar-refractivity contribution is -0.137. The molecule has 1 rings (SSSR count). The van der Waals surface area contributed by atoms with E-state index >= 15 is 0 Å². The number of alkyl halides is 3. The van der Waals surface area contributed by atoms with Crippen LogP contribution in [-0.2, 0) is 17.5 Å². The third-order valence-electron chi connectivity index (χ3n) is 1.70. The van der Waals surface area contributed by atoms with Crippen LogP contribution < -0.4 is 5.32 Å². The van der Waals surface area contributed by atoms with Crippen LogP contribution in [0.1, 0.15) is 5.56 Å². The van der Waals surface area contributed by atoms with E-state index in [0.717, 1.165) is 10.9 Å². The van der Waals surface area contributed by atoms with Crippen LogP contribution in [0, 0.1) is 0 Å². The Hall–Kier alpha value is -1.57. The van der Waals surface area contributed by atoms with Crippen molar-refractivity contribution in [3.05, 3.63) is 18.0 Å². The van der Waals surface area contributed by atoms with Crippen LogP contribution in [0.5, 0.6) is 0 Å². The van der Waals surface area contributed by atoms with Crippen LogP contribution in [0.25, 0.3) is 0 Å². The van der Waals surface area contributed by atoms with E-state index in [0.29, 0.717) is 6.20 Å². The topological polar surface area (TPSA) is 67.2 Å². The van der Waals surface area contributed by atoms with E-state index in [-0.39, 0.29) is 19.7 Å². The molecular weight excluding hydrogens is 227 g/mol. The minimum absolute atomic E-state index is 0.0617. The van der Waals surface area contributed by atoms with Crippen molar-refractivity contribution >= 4 is 5.91 Å². The van der Waals surface area contributed by atoms with Gasteiger partial charge in [-0.2, -0.15) is 18.3 Å². The Labute approximate surface area is 88.9 Å². The molecule has 0 aliphatic heterocycles. The molecule has 0 unspecified atom stereocenters. The first kappa shape index (κ1) is 12.5. The molecule has 1 heterocycles. The number of rotatable bonds is 4. The predicted octanol–water partition coefficient (Wildman–Crippen LogP) is 0.0104. The lowest BCUT2D eigenvalue weighted by Gasteiger charge is -2.03. The third-order valence-corrected chi connectivity index (χ3v) is 1.70. The zero-order valence-corrected chi connectivity index (χ0v) is 8.16. The molecule has 0 atom stereocenters. The molecule has 1 aromatic rings. The summed E-state index contributed by atoms with van der Waals surface area (Å²) in [7, 11) is 0. The van der Waals surface area contributed by atoms with Crippen LogP contribution >= 0.6 is 0 Å². The van der Waals surface area contributed by atoms with E-state index < -0.39 is 17.6 Å². The highest BCUT2D eigenvalue weighted by Crippen LogP contribution is 2.28. The second-order valence-electron chi connectivity index (χ2n) is 3.00. The fourth-order valence-electron chi connectivity index (χ4n) is 0.995. The SMILES string of the molecule is O=C(Cn1cc(C(F)(F)F)cn1)NCCO. The number of aliphatic hydroxyl groups excluding tert-OH is 1. The number of nitrogens with one attached hydrogen (secondary N) is 1. The Morgan fingerprint density at radius 3 is 2.75 bits per heavy atom. The maximum atomic E-state index is 12.2. The molecule has 5 nitrogen and oxygen atoms in total. The van der Waals surface area contributed by atoms with Crippen molar-refractivity contribution in [2.45, 2.75) is 12.7 Å². The van der Waals surface area contributed by atoms with Gasteiger partial charge >= 0.3 is 6.18 Å². The van der Waals surface area contributed by atoms with Crippen LogP contribution in [0.2, 0.25) is 0 Å². The van der Waals surface area contributed by atoms with Gasteiger partial charge in [0.25, 0.3) is 0 Å². The lowest BCUT2D eigenvalue weighted by atomic mass is 10.4. The summed E-state index contributed by atoms with van der Waals surface area (Å²) in [6.45, 7) is -0.471. The maximum absolute atomic E-state index is 12.2. The van der Waals surface area contributed by atoms with Gasteiger partial charge in [0.15, 0.2) is 0 Å². The van der Waals surface area contributed by atoms with Crippen molar-refractivity contribution in [2.24, 2.45) is 0 Å². The fraction of sp³-hybridized carbons (Fsp3) is 0.500. The van der Waals surface area contributed by atoms with Crippen LogP contribution in [-0.4, -0.2) is 33.9 Å². The molecule has 0 aliphatic rings. The molecule has 0 aromatic carbocycles. The highest BCUT2D eigenvalue weighted by molar-refractivity contribution is 5.75. The van der Waals surface area contributed by atoms with Crippen molar-refractivity contribution in [2.75, 3.05) is 13.2 Å². The lowest BCUT2D eigenvalue weighted by Crippen LogP contribution is -2.30. The quantitative estimate of drug-likeness (QED) is 0.775. The molecule has 2 N–H and O–H groups in total. The molecule has 0 fully saturated rings. The van der Waals surface area contributed by atoms with Crippen molar-refractivity contribution in [1.82, 2.24) is 15.1 Å². The van der Waals surface area contributed by atoms with Gasteiger partial charge in [-0.3, -0.25) is 9.48 Å². The predicted molar refractivity (Wildman–Crippen MR) is 47.3 cm³/mol. The smallest absolute Gasteiger partial charge is 0.395 e. The molecular formula is C8H10F3N3O2. The Kier molecular flexibility index (Phi) is 3.88. The minimum atomic E-state index is -4.46. The van der Waals surface area contributed by atoms with Gasteiger partial charge in [0, 0.05) is 12.7 Å². The van der Waals surface area contributed by atoms with Crippen molar-refractivity contribution in [3.63, 3.8) is 0 Å². The van der Waals surface area contributed by atoms with Gasteiger partial charge in [-0.15, -0.1) is 0 Å². The van der Waals surface area contributed by atoms with Crippen molar-refractivity contribution in [1.29, 1.82) is 0 Å². The number of carbonyl (C=O) groups is 1. The van der Waals surface area contributed by atoms with Crippen LogP contribution in [0.3, 0.4) is 0 Å². The highest BCUT2D eigenvalue weighted by Gasteiger charge is 2.32. The summed E-state index contributed by atoms with van der Waals surface area (Å²) in [5, 5.41) is 14.1. The average molecular weight is 237 g/mol. The van der Waals surface area contributed by atoms with Crippen molar-refractivity contribution < 1.29 is 23.1 Å². The summed E-state index contributed by atoms with van der Waals surface area (Å²) in [4.78, 5) is 11.1. The van der Waals surface area contributed by atoms with Gasteiger partial charge in [-0.1, -0.05) is 0 Å². The Morgan fingerprint density at radius 1 is 1.56 bits per heavy atom. The monoisotopic (exact) mass is 237 g/mol. The maximum Gasteiger partial charge on any atom is 0.419 e. The van der Waals surface area contributed by atoms with E-state index in [9.17, 15) is 18.0 Å². The van der Waals surface area contributed by atoms with E-state index in [4.69, 9.17) is 5.11 Å². The first-order chi connectivity index (χ1) is 7.43. The molecule has 1 aromatic heterocycles. The molecule has 0 saturated heterocycles. The summed E-state index contributed by atoms with van der Waals surface area (Å²) >= 11 is 0. The molecule has 0 bridgehead atoms. The van der Waals surface area contributed by atoms with E-state index in [1.165, 1.54) is 0 Å². The Morgan fingerprint density at radius 2 is 2.25 bits per heavy atom. The average Bonchev–Trinajstić information content (AvgIpc) is 2.62. The molecule has 16 heavy (non-hydrogen) atoms. The number of halogens is 3. The molecule has 8 heteroatoms. The number of aromatic nitrogens is 2. The highest BCUT2D eigenvalue weighted by atomic mass is 19.4. The largest absolute Gasteiger partial charge is 0.419 e. The molecule has 0 saturated carbocycles. The second kappa shape index (κ2) is 4.97. The Balaban J connectivity index is 2.56. The molecule has 0 spiro atoms. The van der Waals surface area contributed by atoms with Gasteiger partial charge in [0.05, 0.1) is 18.4 Å². The van der Waals surface area contributed by atoms with Crippen molar-refractivity contribution in [3.8, 4) is 0 Å².